The lowest BCUT2D eigenvalue weighted by Gasteiger charge is -2.11. The van der Waals surface area contributed by atoms with E-state index in [1.54, 1.807) is 19.1 Å². The van der Waals surface area contributed by atoms with Crippen molar-refractivity contribution >= 4 is 6.08 Å². The van der Waals surface area contributed by atoms with Crippen LogP contribution < -0.4 is 0 Å². The fraction of sp³-hybridized carbons (Fsp3) is 0.364. The summed E-state index contributed by atoms with van der Waals surface area (Å²) in [4.78, 5) is 13.9. The molecule has 1 fully saturated rings. The predicted molar refractivity (Wildman–Crippen MR) is 51.8 cm³/mol. The number of rotatable bonds is 2. The first-order chi connectivity index (χ1) is 7.10. The minimum atomic E-state index is -0.722. The SMILES string of the molecule is Cc1ccc(C2(N=C=O)CC2)c(O)c1F. The summed E-state index contributed by atoms with van der Waals surface area (Å²) in [5.41, 5.74) is 0.0384. The average molecular weight is 207 g/mol. The maximum atomic E-state index is 13.4. The summed E-state index contributed by atoms with van der Waals surface area (Å²) < 4.78 is 13.4. The highest BCUT2D eigenvalue weighted by Gasteiger charge is 2.47. The van der Waals surface area contributed by atoms with Crippen LogP contribution in [-0.4, -0.2) is 11.2 Å². The third-order valence-electron chi connectivity index (χ3n) is 2.79. The molecule has 0 bridgehead atoms. The number of isocyanates is 1. The van der Waals surface area contributed by atoms with Crippen molar-refractivity contribution < 1.29 is 14.3 Å². The van der Waals surface area contributed by atoms with Gasteiger partial charge in [-0.2, -0.15) is 4.99 Å². The predicted octanol–water partition coefficient (Wildman–Crippen LogP) is 2.16. The summed E-state index contributed by atoms with van der Waals surface area (Å²) in [6.07, 6.45) is 2.77. The molecule has 1 aliphatic rings. The topological polar surface area (TPSA) is 49.7 Å². The van der Waals surface area contributed by atoms with Crippen LogP contribution in [0.25, 0.3) is 0 Å². The van der Waals surface area contributed by atoms with Crippen LogP contribution in [0.3, 0.4) is 0 Å². The van der Waals surface area contributed by atoms with E-state index in [0.29, 0.717) is 24.0 Å². The van der Waals surface area contributed by atoms with E-state index in [1.807, 2.05) is 0 Å². The Kier molecular flexibility index (Phi) is 2.09. The van der Waals surface area contributed by atoms with Crippen LogP contribution in [0.15, 0.2) is 17.1 Å². The minimum Gasteiger partial charge on any atom is -0.505 e. The molecule has 78 valence electrons. The van der Waals surface area contributed by atoms with Crippen LogP contribution in [0, 0.1) is 12.7 Å². The van der Waals surface area contributed by atoms with Gasteiger partial charge in [-0.25, -0.2) is 9.18 Å². The van der Waals surface area contributed by atoms with Crippen LogP contribution in [0.5, 0.6) is 5.75 Å². The zero-order valence-electron chi connectivity index (χ0n) is 8.25. The van der Waals surface area contributed by atoms with E-state index in [9.17, 15) is 14.3 Å². The Labute approximate surface area is 86.3 Å². The molecule has 1 aliphatic carbocycles. The van der Waals surface area contributed by atoms with Gasteiger partial charge in [0.2, 0.25) is 6.08 Å². The molecule has 0 unspecified atom stereocenters. The lowest BCUT2D eigenvalue weighted by atomic mass is 10.0. The molecule has 1 aromatic carbocycles. The Morgan fingerprint density at radius 1 is 1.53 bits per heavy atom. The van der Waals surface area contributed by atoms with E-state index in [0.717, 1.165) is 0 Å². The molecule has 3 nitrogen and oxygen atoms in total. The Balaban J connectivity index is 2.55. The van der Waals surface area contributed by atoms with Gasteiger partial charge in [0, 0.05) is 5.56 Å². The van der Waals surface area contributed by atoms with Gasteiger partial charge in [-0.3, -0.25) is 0 Å². The third-order valence-corrected chi connectivity index (χ3v) is 2.79. The summed E-state index contributed by atoms with van der Waals surface area (Å²) in [6.45, 7) is 1.57. The van der Waals surface area contributed by atoms with Crippen LogP contribution in [-0.2, 0) is 10.3 Å². The van der Waals surface area contributed by atoms with E-state index < -0.39 is 17.1 Å². The number of halogens is 1. The van der Waals surface area contributed by atoms with Crippen LogP contribution in [0.1, 0.15) is 24.0 Å². The second-order valence-electron chi connectivity index (χ2n) is 3.83. The molecular weight excluding hydrogens is 197 g/mol. The summed E-state index contributed by atoms with van der Waals surface area (Å²) in [5, 5.41) is 9.62. The standard InChI is InChI=1S/C11H10FNO2/c1-7-2-3-8(10(15)9(7)12)11(4-5-11)13-6-14/h2-3,15H,4-5H2,1H3. The summed E-state index contributed by atoms with van der Waals surface area (Å²) in [5.74, 6) is -1.04. The fourth-order valence-electron chi connectivity index (χ4n) is 1.69. The second-order valence-corrected chi connectivity index (χ2v) is 3.83. The van der Waals surface area contributed by atoms with Crippen molar-refractivity contribution in [2.24, 2.45) is 4.99 Å². The molecule has 4 heteroatoms. The Morgan fingerprint density at radius 3 is 2.73 bits per heavy atom. The van der Waals surface area contributed by atoms with Gasteiger partial charge < -0.3 is 5.11 Å². The number of phenolic OH excluding ortho intramolecular Hbond substituents is 1. The largest absolute Gasteiger partial charge is 0.505 e. The number of aryl methyl sites for hydroxylation is 1. The van der Waals surface area contributed by atoms with E-state index in [4.69, 9.17) is 0 Å². The van der Waals surface area contributed by atoms with Gasteiger partial charge in [-0.1, -0.05) is 12.1 Å². The molecule has 0 amide bonds. The van der Waals surface area contributed by atoms with Gasteiger partial charge in [0.1, 0.15) is 5.54 Å². The highest BCUT2D eigenvalue weighted by atomic mass is 19.1. The molecule has 0 aliphatic heterocycles. The highest BCUT2D eigenvalue weighted by molar-refractivity contribution is 5.48. The second kappa shape index (κ2) is 3.17. The average Bonchev–Trinajstić information content (AvgIpc) is 2.96. The lowest BCUT2D eigenvalue weighted by Crippen LogP contribution is -2.04. The molecule has 1 saturated carbocycles. The van der Waals surface area contributed by atoms with Crippen molar-refractivity contribution in [2.45, 2.75) is 25.3 Å². The zero-order chi connectivity index (χ0) is 11.1. The number of carbonyl (C=O) groups excluding carboxylic acids is 1. The summed E-state index contributed by atoms with van der Waals surface area (Å²) in [6, 6.07) is 3.19. The van der Waals surface area contributed by atoms with E-state index in [2.05, 4.69) is 4.99 Å². The molecule has 15 heavy (non-hydrogen) atoms. The normalized spacial score (nSPS) is 16.9. The number of hydrogen-bond donors (Lipinski definition) is 1. The molecule has 1 aromatic rings. The van der Waals surface area contributed by atoms with E-state index in [-0.39, 0.29) is 0 Å². The third kappa shape index (κ3) is 1.43. The minimum absolute atomic E-state index is 0.377. The van der Waals surface area contributed by atoms with E-state index in [1.165, 1.54) is 6.08 Å². The van der Waals surface area contributed by atoms with Gasteiger partial charge >= 0.3 is 0 Å². The monoisotopic (exact) mass is 207 g/mol. The lowest BCUT2D eigenvalue weighted by molar-refractivity contribution is 0.417. The molecule has 0 saturated heterocycles. The molecule has 0 atom stereocenters. The Morgan fingerprint density at radius 2 is 2.20 bits per heavy atom. The Bertz CT molecular complexity index is 460. The first kappa shape index (κ1) is 9.87. The van der Waals surface area contributed by atoms with Crippen LogP contribution in [0.4, 0.5) is 4.39 Å². The highest BCUT2D eigenvalue weighted by Crippen LogP contribution is 2.52. The molecule has 1 N–H and O–H groups in total. The number of aliphatic imine (C=N–C) groups is 1. The van der Waals surface area contributed by atoms with Gasteiger partial charge in [0.05, 0.1) is 0 Å². The summed E-state index contributed by atoms with van der Waals surface area (Å²) in [7, 11) is 0. The molecule has 0 spiro atoms. The molecule has 2 rings (SSSR count). The van der Waals surface area contributed by atoms with Gasteiger partial charge in [-0.05, 0) is 25.3 Å². The molecule has 0 heterocycles. The number of benzene rings is 1. The summed E-state index contributed by atoms with van der Waals surface area (Å²) >= 11 is 0. The Hall–Kier alpha value is -1.67. The number of aromatic hydroxyl groups is 1. The smallest absolute Gasteiger partial charge is 0.235 e. The maximum absolute atomic E-state index is 13.4. The van der Waals surface area contributed by atoms with Crippen molar-refractivity contribution in [3.05, 3.63) is 29.1 Å². The van der Waals surface area contributed by atoms with Gasteiger partial charge in [-0.15, -0.1) is 0 Å². The van der Waals surface area contributed by atoms with Crippen LogP contribution >= 0.6 is 0 Å². The molecule has 0 aromatic heterocycles. The number of phenols is 1. The van der Waals surface area contributed by atoms with Gasteiger partial charge in [0.25, 0.3) is 0 Å². The molecular formula is C11H10FNO2. The zero-order valence-corrected chi connectivity index (χ0v) is 8.25. The van der Waals surface area contributed by atoms with Crippen molar-refractivity contribution in [3.8, 4) is 5.75 Å². The van der Waals surface area contributed by atoms with Crippen molar-refractivity contribution in [2.75, 3.05) is 0 Å². The quantitative estimate of drug-likeness (QED) is 0.596. The first-order valence-corrected chi connectivity index (χ1v) is 4.68. The van der Waals surface area contributed by atoms with Crippen molar-refractivity contribution in [1.29, 1.82) is 0 Å². The van der Waals surface area contributed by atoms with Crippen molar-refractivity contribution in [3.63, 3.8) is 0 Å². The van der Waals surface area contributed by atoms with Crippen LogP contribution in [0.2, 0.25) is 0 Å². The van der Waals surface area contributed by atoms with E-state index >= 15 is 0 Å². The number of nitrogens with zero attached hydrogens (tertiary/aromatic N) is 1. The number of hydrogen-bond acceptors (Lipinski definition) is 3. The van der Waals surface area contributed by atoms with Gasteiger partial charge in [0.15, 0.2) is 11.6 Å². The first-order valence-electron chi connectivity index (χ1n) is 4.68. The van der Waals surface area contributed by atoms with Crippen molar-refractivity contribution in [1.82, 2.24) is 0 Å². The molecule has 0 radical (unpaired) electrons. The fourth-order valence-corrected chi connectivity index (χ4v) is 1.69. The maximum Gasteiger partial charge on any atom is 0.235 e.